The standard InChI is InChI=1S/C51H55N5O3S2/c1-3-45(60-36(2)43-18-12-32-56(43)51(59)49(42-16-8-5-9-17-42)53-47(57)28-33-54-29-10-11-30-54)40-24-20-38(21-25-40)39-22-26-41(27-23-39)46-35-52-50(61-46)44-19-13-31-55(44)48(58)34-37-14-6-4-7-15-37/h3-9,14-17,20-27,35,43-44,49H,2,10-13,18-19,28-34H2,1H3,(H,53,57)/b45-3-/t43-,44-,49+/m0/s1. The lowest BCUT2D eigenvalue weighted by Gasteiger charge is -2.31. The summed E-state index contributed by atoms with van der Waals surface area (Å²) < 4.78 is 0. The molecule has 4 heterocycles. The van der Waals surface area contributed by atoms with Gasteiger partial charge in [-0.1, -0.05) is 134 Å². The zero-order valence-electron chi connectivity index (χ0n) is 35.0. The van der Waals surface area contributed by atoms with E-state index in [1.54, 1.807) is 23.1 Å². The van der Waals surface area contributed by atoms with Crippen LogP contribution in [0.15, 0.2) is 133 Å². The van der Waals surface area contributed by atoms with Gasteiger partial charge in [-0.05, 0) is 91.9 Å². The Labute approximate surface area is 368 Å². The van der Waals surface area contributed by atoms with Gasteiger partial charge in [-0.3, -0.25) is 14.4 Å². The number of allylic oxidation sites excluding steroid dienone is 1. The Kier molecular flexibility index (Phi) is 13.9. The fraction of sp³-hybridized carbons (Fsp3) is 0.333. The number of nitrogens with zero attached hydrogens (tertiary/aromatic N) is 4. The van der Waals surface area contributed by atoms with Crippen molar-refractivity contribution in [2.75, 3.05) is 32.7 Å². The number of hydrogen-bond acceptors (Lipinski definition) is 7. The number of nitrogens with one attached hydrogen (secondary N) is 1. The predicted octanol–water partition coefficient (Wildman–Crippen LogP) is 10.3. The molecule has 61 heavy (non-hydrogen) atoms. The molecule has 3 saturated heterocycles. The number of thioether (sulfide) groups is 1. The van der Waals surface area contributed by atoms with Gasteiger partial charge in [-0.25, -0.2) is 4.98 Å². The van der Waals surface area contributed by atoms with Gasteiger partial charge >= 0.3 is 0 Å². The van der Waals surface area contributed by atoms with E-state index in [1.807, 2.05) is 83.6 Å². The smallest absolute Gasteiger partial charge is 0.250 e. The molecule has 4 aromatic carbocycles. The summed E-state index contributed by atoms with van der Waals surface area (Å²) in [5, 5.41) is 4.11. The summed E-state index contributed by atoms with van der Waals surface area (Å²) in [7, 11) is 0. The number of hydrogen-bond donors (Lipinski definition) is 1. The van der Waals surface area contributed by atoms with E-state index in [1.165, 1.54) is 12.8 Å². The van der Waals surface area contributed by atoms with Crippen LogP contribution < -0.4 is 5.32 Å². The number of benzene rings is 4. The summed E-state index contributed by atoms with van der Waals surface area (Å²) in [6.45, 7) is 10.8. The first-order valence-corrected chi connectivity index (χ1v) is 23.4. The molecule has 0 radical (unpaired) electrons. The number of carbonyl (C=O) groups is 3. The SMILES string of the molecule is C=C(S/C(=C\C)c1ccc(-c2ccc(-c3cnc([C@@H]4CCCN4C(=O)Cc4ccccc4)s3)cc2)cc1)[C@@H]1CCCN1C(=O)[C@H](NC(=O)CCN1CCCC1)c1ccccc1. The summed E-state index contributed by atoms with van der Waals surface area (Å²) in [4.78, 5) is 55.0. The Morgan fingerprint density at radius 3 is 2.15 bits per heavy atom. The van der Waals surface area contributed by atoms with Crippen molar-refractivity contribution in [2.24, 2.45) is 0 Å². The first-order valence-electron chi connectivity index (χ1n) is 21.7. The highest BCUT2D eigenvalue weighted by molar-refractivity contribution is 8.11. The van der Waals surface area contributed by atoms with Crippen LogP contribution in [0.3, 0.4) is 0 Å². The minimum absolute atomic E-state index is 0.0326. The van der Waals surface area contributed by atoms with Gasteiger partial charge in [-0.15, -0.1) is 11.3 Å². The summed E-state index contributed by atoms with van der Waals surface area (Å²) in [6, 6.07) is 36.0. The Morgan fingerprint density at radius 2 is 1.44 bits per heavy atom. The molecule has 314 valence electrons. The Morgan fingerprint density at radius 1 is 0.803 bits per heavy atom. The molecule has 8 rings (SSSR count). The van der Waals surface area contributed by atoms with Gasteiger partial charge in [0.25, 0.3) is 0 Å². The molecule has 3 atom stereocenters. The zero-order valence-corrected chi connectivity index (χ0v) is 36.6. The van der Waals surface area contributed by atoms with Crippen molar-refractivity contribution in [3.05, 3.63) is 155 Å². The van der Waals surface area contributed by atoms with Crippen LogP contribution in [-0.2, 0) is 20.8 Å². The number of likely N-dealkylation sites (tertiary alicyclic amines) is 3. The molecule has 3 aliphatic rings. The molecule has 10 heteroatoms. The molecular weight excluding hydrogens is 795 g/mol. The van der Waals surface area contributed by atoms with Crippen molar-refractivity contribution in [3.8, 4) is 21.6 Å². The van der Waals surface area contributed by atoms with Crippen LogP contribution >= 0.6 is 23.1 Å². The molecule has 1 N–H and O–H groups in total. The van der Waals surface area contributed by atoms with Crippen LogP contribution in [0.5, 0.6) is 0 Å². The molecule has 0 unspecified atom stereocenters. The van der Waals surface area contributed by atoms with Crippen molar-refractivity contribution < 1.29 is 14.4 Å². The number of rotatable bonds is 15. The first-order chi connectivity index (χ1) is 29.8. The Hall–Kier alpha value is -5.29. The summed E-state index contributed by atoms with van der Waals surface area (Å²) in [6.07, 6.45) is 10.9. The van der Waals surface area contributed by atoms with Gasteiger partial charge in [0.05, 0.1) is 23.4 Å². The molecule has 3 amide bonds. The topological polar surface area (TPSA) is 85.9 Å². The zero-order chi connectivity index (χ0) is 42.1. The van der Waals surface area contributed by atoms with E-state index >= 15 is 0 Å². The third-order valence-electron chi connectivity index (χ3n) is 12.2. The molecular formula is C51H55N5O3S2. The molecule has 5 aromatic rings. The van der Waals surface area contributed by atoms with Gasteiger partial charge < -0.3 is 20.0 Å². The average Bonchev–Trinajstić information content (AvgIpc) is 4.15. The van der Waals surface area contributed by atoms with E-state index in [2.05, 4.69) is 71.4 Å². The maximum absolute atomic E-state index is 14.3. The van der Waals surface area contributed by atoms with Crippen LogP contribution in [-0.4, -0.2) is 76.2 Å². The van der Waals surface area contributed by atoms with Gasteiger partial charge in [0.15, 0.2) is 0 Å². The third kappa shape index (κ3) is 10.3. The van der Waals surface area contributed by atoms with Crippen molar-refractivity contribution >= 4 is 45.7 Å². The van der Waals surface area contributed by atoms with E-state index < -0.39 is 6.04 Å². The first kappa shape index (κ1) is 42.4. The summed E-state index contributed by atoms with van der Waals surface area (Å²) in [5.41, 5.74) is 6.31. The largest absolute Gasteiger partial charge is 0.340 e. The number of thiazole rings is 1. The number of amides is 3. The molecule has 0 spiro atoms. The second-order valence-corrected chi connectivity index (χ2v) is 18.5. The van der Waals surface area contributed by atoms with E-state index in [9.17, 15) is 14.4 Å². The van der Waals surface area contributed by atoms with Gasteiger partial charge in [0.1, 0.15) is 11.0 Å². The maximum atomic E-state index is 14.3. The lowest BCUT2D eigenvalue weighted by atomic mass is 10.0. The van der Waals surface area contributed by atoms with Gasteiger partial charge in [0.2, 0.25) is 17.7 Å². The van der Waals surface area contributed by atoms with Crippen molar-refractivity contribution in [2.45, 2.75) is 76.4 Å². The summed E-state index contributed by atoms with van der Waals surface area (Å²) in [5.74, 6) is -0.00939. The maximum Gasteiger partial charge on any atom is 0.250 e. The number of aromatic nitrogens is 1. The van der Waals surface area contributed by atoms with Crippen LogP contribution in [0, 0.1) is 0 Å². The fourth-order valence-corrected chi connectivity index (χ4v) is 11.0. The molecule has 0 aliphatic carbocycles. The monoisotopic (exact) mass is 849 g/mol. The Bertz CT molecular complexity index is 2320. The number of carbonyl (C=O) groups excluding carboxylic acids is 3. The lowest BCUT2D eigenvalue weighted by Crippen LogP contribution is -2.45. The quantitative estimate of drug-likeness (QED) is 0.113. The molecule has 3 aliphatic heterocycles. The van der Waals surface area contributed by atoms with Crippen molar-refractivity contribution in [1.82, 2.24) is 25.0 Å². The lowest BCUT2D eigenvalue weighted by molar-refractivity contribution is -0.136. The van der Waals surface area contributed by atoms with E-state index in [0.717, 1.165) is 105 Å². The molecule has 0 bridgehead atoms. The molecule has 8 nitrogen and oxygen atoms in total. The summed E-state index contributed by atoms with van der Waals surface area (Å²) >= 11 is 3.31. The van der Waals surface area contributed by atoms with Crippen LogP contribution in [0.25, 0.3) is 26.5 Å². The minimum atomic E-state index is -0.738. The molecule has 1 aromatic heterocycles. The molecule has 0 saturated carbocycles. The van der Waals surface area contributed by atoms with E-state index in [-0.39, 0.29) is 29.8 Å². The highest BCUT2D eigenvalue weighted by Gasteiger charge is 2.37. The van der Waals surface area contributed by atoms with Gasteiger partial charge in [-0.2, -0.15) is 0 Å². The second-order valence-electron chi connectivity index (χ2n) is 16.2. The van der Waals surface area contributed by atoms with Crippen LogP contribution in [0.1, 0.15) is 85.7 Å². The van der Waals surface area contributed by atoms with E-state index in [4.69, 9.17) is 4.98 Å². The highest BCUT2D eigenvalue weighted by atomic mass is 32.2. The molecule has 3 fully saturated rings. The van der Waals surface area contributed by atoms with Crippen molar-refractivity contribution in [3.63, 3.8) is 0 Å². The van der Waals surface area contributed by atoms with E-state index in [0.29, 0.717) is 19.4 Å². The van der Waals surface area contributed by atoms with Crippen LogP contribution in [0.2, 0.25) is 0 Å². The van der Waals surface area contributed by atoms with Crippen molar-refractivity contribution in [1.29, 1.82) is 0 Å². The fourth-order valence-electron chi connectivity index (χ4n) is 8.88. The Balaban J connectivity index is 0.884. The minimum Gasteiger partial charge on any atom is -0.340 e. The third-order valence-corrected chi connectivity index (χ3v) is 14.6. The second kappa shape index (κ2) is 20.1. The highest BCUT2D eigenvalue weighted by Crippen LogP contribution is 2.41. The normalized spacial score (nSPS) is 18.7. The van der Waals surface area contributed by atoms with Crippen LogP contribution in [0.4, 0.5) is 0 Å². The van der Waals surface area contributed by atoms with Gasteiger partial charge in [0, 0.05) is 42.1 Å². The average molecular weight is 850 g/mol. The predicted molar refractivity (Wildman–Crippen MR) is 250 cm³/mol.